The second-order valence-corrected chi connectivity index (χ2v) is 8.91. The summed E-state index contributed by atoms with van der Waals surface area (Å²) in [6, 6.07) is 20.0. The smallest absolute Gasteiger partial charge is 0.264 e. The van der Waals surface area contributed by atoms with E-state index in [4.69, 9.17) is 0 Å². The Morgan fingerprint density at radius 1 is 0.903 bits per heavy atom. The minimum absolute atomic E-state index is 0.0725. The highest BCUT2D eigenvalue weighted by molar-refractivity contribution is 7.92. The molecule has 0 atom stereocenters. The molecule has 0 aliphatic carbocycles. The third kappa shape index (κ3) is 4.83. The van der Waals surface area contributed by atoms with Crippen molar-refractivity contribution in [1.82, 2.24) is 0 Å². The van der Waals surface area contributed by atoms with Gasteiger partial charge in [0.15, 0.2) is 5.78 Å². The van der Waals surface area contributed by atoms with Crippen molar-refractivity contribution in [1.29, 1.82) is 0 Å². The molecule has 31 heavy (non-hydrogen) atoms. The molecule has 0 unspecified atom stereocenters. The van der Waals surface area contributed by atoms with Crippen LogP contribution < -0.4 is 9.62 Å². The van der Waals surface area contributed by atoms with Crippen molar-refractivity contribution in [2.45, 2.75) is 25.7 Å². The van der Waals surface area contributed by atoms with Crippen molar-refractivity contribution in [3.63, 3.8) is 0 Å². The summed E-state index contributed by atoms with van der Waals surface area (Å²) in [5, 5.41) is 2.73. The largest absolute Gasteiger partial charge is 0.322 e. The number of aryl methyl sites for hydroxylation is 1. The lowest BCUT2D eigenvalue weighted by Crippen LogP contribution is -2.31. The fraction of sp³-hybridized carbons (Fsp3) is 0.167. The number of carbonyl (C=O) groups excluding carboxylic acids is 2. The molecule has 6 nitrogen and oxygen atoms in total. The van der Waals surface area contributed by atoms with Crippen molar-refractivity contribution < 1.29 is 18.0 Å². The highest BCUT2D eigenvalue weighted by Gasteiger charge is 2.26. The van der Waals surface area contributed by atoms with Crippen LogP contribution in [-0.4, -0.2) is 26.7 Å². The number of sulfonamides is 1. The fourth-order valence-corrected chi connectivity index (χ4v) is 4.97. The van der Waals surface area contributed by atoms with Crippen molar-refractivity contribution in [2.75, 3.05) is 16.2 Å². The Hall–Kier alpha value is -3.45. The Bertz CT molecular complexity index is 1220. The maximum absolute atomic E-state index is 13.4. The Morgan fingerprint density at radius 2 is 1.61 bits per heavy atom. The lowest BCUT2D eigenvalue weighted by Gasteiger charge is -2.24. The molecular formula is C24H24N2O4S. The summed E-state index contributed by atoms with van der Waals surface area (Å²) < 4.78 is 28.1. The molecule has 0 spiro atoms. The van der Waals surface area contributed by atoms with Gasteiger partial charge in [0.1, 0.15) is 0 Å². The van der Waals surface area contributed by atoms with E-state index in [2.05, 4.69) is 5.32 Å². The van der Waals surface area contributed by atoms with E-state index in [1.165, 1.54) is 17.3 Å². The molecular weight excluding hydrogens is 412 g/mol. The normalized spacial score (nSPS) is 11.1. The molecule has 1 N–H and O–H groups in total. The van der Waals surface area contributed by atoms with Crippen LogP contribution in [-0.2, 0) is 10.0 Å². The van der Waals surface area contributed by atoms with E-state index >= 15 is 0 Å². The zero-order valence-electron chi connectivity index (χ0n) is 17.6. The molecule has 0 aliphatic rings. The molecule has 0 aliphatic heterocycles. The van der Waals surface area contributed by atoms with Gasteiger partial charge in [0.25, 0.3) is 15.9 Å². The minimum atomic E-state index is -3.87. The maximum Gasteiger partial charge on any atom is 0.264 e. The van der Waals surface area contributed by atoms with Gasteiger partial charge in [-0.25, -0.2) is 8.42 Å². The molecule has 0 radical (unpaired) electrons. The number of carbonyl (C=O) groups is 2. The topological polar surface area (TPSA) is 83.6 Å². The molecule has 0 bridgehead atoms. The van der Waals surface area contributed by atoms with Gasteiger partial charge in [0, 0.05) is 23.4 Å². The molecule has 160 valence electrons. The third-order valence-electron chi connectivity index (χ3n) is 4.88. The Morgan fingerprint density at radius 3 is 2.26 bits per heavy atom. The molecule has 1 amide bonds. The van der Waals surface area contributed by atoms with Crippen LogP contribution >= 0.6 is 0 Å². The summed E-state index contributed by atoms with van der Waals surface area (Å²) in [6.07, 6.45) is 0. The number of nitrogens with zero attached hydrogens (tertiary/aromatic N) is 1. The summed E-state index contributed by atoms with van der Waals surface area (Å²) in [5.41, 5.74) is 2.25. The number of nitrogens with one attached hydrogen (secondary N) is 1. The number of anilines is 2. The van der Waals surface area contributed by atoms with Gasteiger partial charge in [0.05, 0.1) is 10.6 Å². The number of hydrogen-bond donors (Lipinski definition) is 1. The molecule has 7 heteroatoms. The van der Waals surface area contributed by atoms with Crippen LogP contribution in [0.1, 0.15) is 40.1 Å². The molecule has 0 saturated carbocycles. The minimum Gasteiger partial charge on any atom is -0.322 e. The van der Waals surface area contributed by atoms with Gasteiger partial charge in [-0.1, -0.05) is 36.4 Å². The highest BCUT2D eigenvalue weighted by Crippen LogP contribution is 2.26. The first-order chi connectivity index (χ1) is 14.7. The average molecular weight is 437 g/mol. The number of Topliss-reactive ketones (excluding diaryl/α,β-unsaturated/α-hetero) is 1. The van der Waals surface area contributed by atoms with Gasteiger partial charge < -0.3 is 5.32 Å². The summed E-state index contributed by atoms with van der Waals surface area (Å²) in [5.74, 6) is -0.569. The van der Waals surface area contributed by atoms with Gasteiger partial charge in [-0.2, -0.15) is 0 Å². The van der Waals surface area contributed by atoms with Gasteiger partial charge in [-0.15, -0.1) is 0 Å². The molecule has 3 rings (SSSR count). The zero-order valence-corrected chi connectivity index (χ0v) is 18.4. The Labute approximate surface area is 182 Å². The zero-order chi connectivity index (χ0) is 22.6. The average Bonchev–Trinajstić information content (AvgIpc) is 2.75. The van der Waals surface area contributed by atoms with Gasteiger partial charge in [0.2, 0.25) is 0 Å². The van der Waals surface area contributed by atoms with Crippen LogP contribution in [0, 0.1) is 6.92 Å². The van der Waals surface area contributed by atoms with Crippen LogP contribution in [0.15, 0.2) is 77.7 Å². The number of ketones is 1. The van der Waals surface area contributed by atoms with Crippen LogP contribution in [0.25, 0.3) is 0 Å². The maximum atomic E-state index is 13.4. The lowest BCUT2D eigenvalue weighted by molar-refractivity contribution is 0.101. The summed E-state index contributed by atoms with van der Waals surface area (Å²) in [4.78, 5) is 24.4. The molecule has 3 aromatic rings. The van der Waals surface area contributed by atoms with Crippen molar-refractivity contribution in [3.8, 4) is 0 Å². The molecule has 0 saturated heterocycles. The Kier molecular flexibility index (Phi) is 6.56. The molecule has 0 fully saturated rings. The van der Waals surface area contributed by atoms with E-state index in [1.807, 2.05) is 6.07 Å². The van der Waals surface area contributed by atoms with E-state index < -0.39 is 15.9 Å². The van der Waals surface area contributed by atoms with Gasteiger partial charge in [-0.05, 0) is 62.7 Å². The van der Waals surface area contributed by atoms with Gasteiger partial charge >= 0.3 is 0 Å². The van der Waals surface area contributed by atoms with E-state index in [1.54, 1.807) is 74.5 Å². The molecule has 0 aromatic heterocycles. The summed E-state index contributed by atoms with van der Waals surface area (Å²) >= 11 is 0. The summed E-state index contributed by atoms with van der Waals surface area (Å²) in [7, 11) is -3.87. The standard InChI is InChI=1S/C24H24N2O4S/c1-4-26(22-11-6-5-7-12-22)31(29,30)23-16-20(14-13-17(23)2)24(28)25-21-10-8-9-19(15-21)18(3)27/h5-16H,4H2,1-3H3,(H,25,28). The van der Waals surface area contributed by atoms with Gasteiger partial charge in [-0.3, -0.25) is 13.9 Å². The second kappa shape index (κ2) is 9.14. The first-order valence-electron chi connectivity index (χ1n) is 9.85. The van der Waals surface area contributed by atoms with E-state index in [-0.39, 0.29) is 22.8 Å². The monoisotopic (exact) mass is 436 g/mol. The van der Waals surface area contributed by atoms with Crippen LogP contribution in [0.5, 0.6) is 0 Å². The fourth-order valence-electron chi connectivity index (χ4n) is 3.24. The number of benzene rings is 3. The van der Waals surface area contributed by atoms with Crippen LogP contribution in [0.4, 0.5) is 11.4 Å². The Balaban J connectivity index is 1.95. The van der Waals surface area contributed by atoms with E-state index in [9.17, 15) is 18.0 Å². The molecule has 0 heterocycles. The lowest BCUT2D eigenvalue weighted by atomic mass is 10.1. The predicted octanol–water partition coefficient (Wildman–Crippen LogP) is 4.67. The first-order valence-corrected chi connectivity index (χ1v) is 11.3. The van der Waals surface area contributed by atoms with Crippen molar-refractivity contribution in [2.24, 2.45) is 0 Å². The third-order valence-corrected chi connectivity index (χ3v) is 6.92. The van der Waals surface area contributed by atoms with Crippen LogP contribution in [0.2, 0.25) is 0 Å². The number of rotatable bonds is 7. The van der Waals surface area contributed by atoms with E-state index in [0.717, 1.165) is 0 Å². The first kappa shape index (κ1) is 22.2. The van der Waals surface area contributed by atoms with Crippen LogP contribution in [0.3, 0.4) is 0 Å². The quantitative estimate of drug-likeness (QED) is 0.546. The van der Waals surface area contributed by atoms with E-state index in [0.29, 0.717) is 22.5 Å². The predicted molar refractivity (Wildman–Crippen MR) is 122 cm³/mol. The number of para-hydroxylation sites is 1. The number of amides is 1. The van der Waals surface area contributed by atoms with Crippen molar-refractivity contribution >= 4 is 33.1 Å². The number of hydrogen-bond acceptors (Lipinski definition) is 4. The summed E-state index contributed by atoms with van der Waals surface area (Å²) in [6.45, 7) is 5.16. The highest BCUT2D eigenvalue weighted by atomic mass is 32.2. The van der Waals surface area contributed by atoms with Crippen molar-refractivity contribution in [3.05, 3.63) is 89.5 Å². The SMILES string of the molecule is CCN(c1ccccc1)S(=O)(=O)c1cc(C(=O)Nc2cccc(C(C)=O)c2)ccc1C. The second-order valence-electron chi connectivity index (χ2n) is 7.08. The molecule has 3 aromatic carbocycles.